The summed E-state index contributed by atoms with van der Waals surface area (Å²) < 4.78 is 5.06. The van der Waals surface area contributed by atoms with Crippen LogP contribution in [0.15, 0.2) is 0 Å². The summed E-state index contributed by atoms with van der Waals surface area (Å²) in [7, 11) is 0. The van der Waals surface area contributed by atoms with Crippen molar-refractivity contribution in [3.63, 3.8) is 0 Å². The summed E-state index contributed by atoms with van der Waals surface area (Å²) in [6.45, 7) is 8.53. The van der Waals surface area contributed by atoms with Gasteiger partial charge in [-0.15, -0.1) is 11.3 Å². The molecule has 1 atom stereocenters. The molecule has 5 heteroatoms. The number of ether oxygens (including phenoxy) is 1. The van der Waals surface area contributed by atoms with Crippen molar-refractivity contribution >= 4 is 22.4 Å². The van der Waals surface area contributed by atoms with Crippen molar-refractivity contribution in [3.8, 4) is 0 Å². The third-order valence-electron chi connectivity index (χ3n) is 3.95. The molecule has 1 aliphatic rings. The van der Waals surface area contributed by atoms with Gasteiger partial charge in [0.05, 0.1) is 6.61 Å². The molecule has 1 fully saturated rings. The molecule has 112 valence electrons. The van der Waals surface area contributed by atoms with Crippen LogP contribution in [0.25, 0.3) is 0 Å². The summed E-state index contributed by atoms with van der Waals surface area (Å²) in [6, 6.07) is 0. The molecule has 0 bridgehead atoms. The van der Waals surface area contributed by atoms with E-state index in [-0.39, 0.29) is 5.97 Å². The summed E-state index contributed by atoms with van der Waals surface area (Å²) in [4.78, 5) is 19.6. The number of carbonyl (C=O) groups excluding carboxylic acids is 1. The standard InChI is InChI=1S/C15H24N2O2S/c1-4-12-7-6-9-17(10-8-12)15-16-13(11(3)20-15)14(18)19-5-2/h12H,4-10H2,1-3H3. The fourth-order valence-electron chi connectivity index (χ4n) is 2.67. The molecular formula is C15H24N2O2S. The van der Waals surface area contributed by atoms with Crippen molar-refractivity contribution < 1.29 is 9.53 Å². The average Bonchev–Trinajstić information content (AvgIpc) is 2.68. The Hall–Kier alpha value is -1.10. The maximum Gasteiger partial charge on any atom is 0.358 e. The van der Waals surface area contributed by atoms with Gasteiger partial charge in [-0.2, -0.15) is 0 Å². The van der Waals surface area contributed by atoms with E-state index in [9.17, 15) is 4.79 Å². The van der Waals surface area contributed by atoms with Crippen LogP contribution in [0.4, 0.5) is 5.13 Å². The first-order valence-corrected chi connectivity index (χ1v) is 8.36. The number of aryl methyl sites for hydroxylation is 1. The smallest absolute Gasteiger partial charge is 0.358 e. The zero-order valence-corrected chi connectivity index (χ0v) is 13.5. The Morgan fingerprint density at radius 3 is 2.90 bits per heavy atom. The maximum atomic E-state index is 11.8. The highest BCUT2D eigenvalue weighted by Gasteiger charge is 2.22. The van der Waals surface area contributed by atoms with Crippen LogP contribution in [-0.4, -0.2) is 30.6 Å². The van der Waals surface area contributed by atoms with Crippen molar-refractivity contribution in [2.75, 3.05) is 24.6 Å². The molecule has 0 saturated carbocycles. The summed E-state index contributed by atoms with van der Waals surface area (Å²) >= 11 is 1.61. The van der Waals surface area contributed by atoms with Gasteiger partial charge < -0.3 is 9.64 Å². The molecule has 1 saturated heterocycles. The molecule has 0 aromatic carbocycles. The lowest BCUT2D eigenvalue weighted by Gasteiger charge is -2.19. The molecule has 0 N–H and O–H groups in total. The van der Waals surface area contributed by atoms with Crippen LogP contribution in [0.5, 0.6) is 0 Å². The first-order valence-electron chi connectivity index (χ1n) is 7.55. The summed E-state index contributed by atoms with van der Waals surface area (Å²) in [6.07, 6.45) is 5.01. The largest absolute Gasteiger partial charge is 0.461 e. The second kappa shape index (κ2) is 7.07. The molecule has 1 aromatic rings. The van der Waals surface area contributed by atoms with E-state index in [1.165, 1.54) is 25.7 Å². The van der Waals surface area contributed by atoms with Crippen LogP contribution in [0.1, 0.15) is 54.9 Å². The summed E-state index contributed by atoms with van der Waals surface area (Å²) in [5.74, 6) is 0.541. The molecular weight excluding hydrogens is 272 g/mol. The fraction of sp³-hybridized carbons (Fsp3) is 0.733. The lowest BCUT2D eigenvalue weighted by molar-refractivity contribution is 0.0519. The molecule has 4 nitrogen and oxygen atoms in total. The second-order valence-corrected chi connectivity index (χ2v) is 6.50. The number of esters is 1. The van der Waals surface area contributed by atoms with E-state index in [1.807, 2.05) is 13.8 Å². The lowest BCUT2D eigenvalue weighted by Crippen LogP contribution is -2.24. The SMILES string of the molecule is CCOC(=O)c1nc(N2CCCC(CC)CC2)sc1C. The van der Waals surface area contributed by atoms with Gasteiger partial charge in [0.1, 0.15) is 0 Å². The number of carbonyl (C=O) groups is 1. The van der Waals surface area contributed by atoms with Gasteiger partial charge in [0.15, 0.2) is 10.8 Å². The molecule has 0 amide bonds. The van der Waals surface area contributed by atoms with E-state index >= 15 is 0 Å². The molecule has 1 aromatic heterocycles. The molecule has 20 heavy (non-hydrogen) atoms. The summed E-state index contributed by atoms with van der Waals surface area (Å²) in [5.41, 5.74) is 0.489. The number of aromatic nitrogens is 1. The van der Waals surface area contributed by atoms with Crippen molar-refractivity contribution in [2.24, 2.45) is 5.92 Å². The first kappa shape index (κ1) is 15.3. The van der Waals surface area contributed by atoms with E-state index in [4.69, 9.17) is 4.74 Å². The van der Waals surface area contributed by atoms with E-state index in [1.54, 1.807) is 11.3 Å². The molecule has 1 unspecified atom stereocenters. The number of hydrogen-bond acceptors (Lipinski definition) is 5. The van der Waals surface area contributed by atoms with Crippen molar-refractivity contribution in [1.82, 2.24) is 4.98 Å². The van der Waals surface area contributed by atoms with Gasteiger partial charge in [-0.05, 0) is 39.0 Å². The molecule has 2 rings (SSSR count). The third-order valence-corrected chi connectivity index (χ3v) is 4.98. The van der Waals surface area contributed by atoms with E-state index in [0.717, 1.165) is 29.0 Å². The predicted molar refractivity (Wildman–Crippen MR) is 82.7 cm³/mol. The monoisotopic (exact) mass is 296 g/mol. The first-order chi connectivity index (χ1) is 9.65. The third kappa shape index (κ3) is 3.51. The number of thiazole rings is 1. The number of nitrogens with zero attached hydrogens (tertiary/aromatic N) is 2. The van der Waals surface area contributed by atoms with Crippen LogP contribution >= 0.6 is 11.3 Å². The van der Waals surface area contributed by atoms with Gasteiger partial charge in [0.25, 0.3) is 0 Å². The molecule has 0 aliphatic carbocycles. The quantitative estimate of drug-likeness (QED) is 0.795. The minimum Gasteiger partial charge on any atom is -0.461 e. The highest BCUT2D eigenvalue weighted by Crippen LogP contribution is 2.29. The van der Waals surface area contributed by atoms with E-state index < -0.39 is 0 Å². The Balaban J connectivity index is 2.09. The van der Waals surface area contributed by atoms with E-state index in [2.05, 4.69) is 16.8 Å². The number of anilines is 1. The number of rotatable bonds is 4. The van der Waals surface area contributed by atoms with E-state index in [0.29, 0.717) is 12.3 Å². The van der Waals surface area contributed by atoms with Gasteiger partial charge >= 0.3 is 5.97 Å². The second-order valence-electron chi connectivity index (χ2n) is 5.31. The minimum absolute atomic E-state index is 0.297. The topological polar surface area (TPSA) is 42.4 Å². The van der Waals surface area contributed by atoms with Crippen molar-refractivity contribution in [2.45, 2.75) is 46.5 Å². The molecule has 2 heterocycles. The minimum atomic E-state index is -0.297. The Bertz CT molecular complexity index is 459. The van der Waals surface area contributed by atoms with Crippen LogP contribution in [-0.2, 0) is 4.74 Å². The Morgan fingerprint density at radius 2 is 2.20 bits per heavy atom. The number of hydrogen-bond donors (Lipinski definition) is 0. The van der Waals surface area contributed by atoms with Crippen molar-refractivity contribution in [1.29, 1.82) is 0 Å². The molecule has 0 radical (unpaired) electrons. The highest BCUT2D eigenvalue weighted by molar-refractivity contribution is 7.15. The molecule has 0 spiro atoms. The summed E-state index contributed by atoms with van der Waals surface area (Å²) in [5, 5.41) is 0.974. The Labute approximate surface area is 125 Å². The van der Waals surface area contributed by atoms with Gasteiger partial charge in [0, 0.05) is 18.0 Å². The van der Waals surface area contributed by atoms with Crippen LogP contribution in [0, 0.1) is 12.8 Å². The fourth-order valence-corrected chi connectivity index (χ4v) is 3.62. The van der Waals surface area contributed by atoms with Gasteiger partial charge in [-0.3, -0.25) is 0 Å². The Kier molecular flexibility index (Phi) is 5.40. The van der Waals surface area contributed by atoms with Crippen LogP contribution < -0.4 is 4.90 Å². The molecule has 1 aliphatic heterocycles. The normalized spacial score (nSPS) is 19.8. The maximum absolute atomic E-state index is 11.8. The lowest BCUT2D eigenvalue weighted by atomic mass is 9.98. The van der Waals surface area contributed by atoms with Crippen LogP contribution in [0.3, 0.4) is 0 Å². The van der Waals surface area contributed by atoms with Gasteiger partial charge in [-0.25, -0.2) is 9.78 Å². The average molecular weight is 296 g/mol. The van der Waals surface area contributed by atoms with Gasteiger partial charge in [-0.1, -0.05) is 13.3 Å². The van der Waals surface area contributed by atoms with Gasteiger partial charge in [0.2, 0.25) is 0 Å². The van der Waals surface area contributed by atoms with Crippen molar-refractivity contribution in [3.05, 3.63) is 10.6 Å². The Morgan fingerprint density at radius 1 is 1.40 bits per heavy atom. The highest BCUT2D eigenvalue weighted by atomic mass is 32.1. The zero-order chi connectivity index (χ0) is 14.5. The predicted octanol–water partition coefficient (Wildman–Crippen LogP) is 3.64. The zero-order valence-electron chi connectivity index (χ0n) is 12.6. The van der Waals surface area contributed by atoms with Crippen LogP contribution in [0.2, 0.25) is 0 Å².